The van der Waals surface area contributed by atoms with Gasteiger partial charge in [-0.15, -0.1) is 0 Å². The second-order valence-electron chi connectivity index (χ2n) is 4.37. The topological polar surface area (TPSA) is 41.1 Å². The van der Waals surface area contributed by atoms with Gasteiger partial charge in [-0.3, -0.25) is 4.79 Å². The lowest BCUT2D eigenvalue weighted by molar-refractivity contribution is -0.123. The Labute approximate surface area is 104 Å². The third-order valence-corrected chi connectivity index (χ3v) is 3.59. The van der Waals surface area contributed by atoms with Crippen LogP contribution in [0.15, 0.2) is 0 Å². The molecule has 0 aliphatic carbocycles. The van der Waals surface area contributed by atoms with Crippen molar-refractivity contribution in [2.75, 3.05) is 12.8 Å². The number of amides is 1. The molecule has 3 atom stereocenters. The zero-order chi connectivity index (χ0) is 12.6. The molecule has 0 heterocycles. The maximum absolute atomic E-state index is 11.7. The highest BCUT2D eigenvalue weighted by Gasteiger charge is 2.14. The zero-order valence-corrected chi connectivity index (χ0v) is 12.0. The molecule has 4 heteroatoms. The number of rotatable bonds is 8. The number of carbonyl (C=O) groups excluding carboxylic acids is 1. The maximum atomic E-state index is 11.7. The molecular formula is C12H26N2OS. The largest absolute Gasteiger partial charge is 0.352 e. The zero-order valence-electron chi connectivity index (χ0n) is 11.2. The fourth-order valence-corrected chi connectivity index (χ4v) is 1.65. The predicted molar refractivity (Wildman–Crippen MR) is 73.0 cm³/mol. The van der Waals surface area contributed by atoms with Gasteiger partial charge in [0.1, 0.15) is 0 Å². The van der Waals surface area contributed by atoms with Crippen LogP contribution >= 0.6 is 11.8 Å². The lowest BCUT2D eigenvalue weighted by atomic mass is 10.2. The molecule has 0 bridgehead atoms. The number of nitrogens with one attached hydrogen (secondary N) is 2. The van der Waals surface area contributed by atoms with Gasteiger partial charge < -0.3 is 10.6 Å². The number of thioether (sulfide) groups is 1. The quantitative estimate of drug-likeness (QED) is 0.688. The van der Waals surface area contributed by atoms with Crippen LogP contribution in [0.25, 0.3) is 0 Å². The van der Waals surface area contributed by atoms with Crippen molar-refractivity contribution in [3.8, 4) is 0 Å². The van der Waals surface area contributed by atoms with Crippen LogP contribution in [0, 0.1) is 0 Å². The molecule has 3 nitrogen and oxygen atoms in total. The first-order valence-corrected chi connectivity index (χ1v) is 7.36. The van der Waals surface area contributed by atoms with Crippen molar-refractivity contribution in [3.05, 3.63) is 0 Å². The van der Waals surface area contributed by atoms with Gasteiger partial charge in [-0.05, 0) is 26.5 Å². The van der Waals surface area contributed by atoms with Crippen LogP contribution < -0.4 is 10.6 Å². The van der Waals surface area contributed by atoms with Crippen molar-refractivity contribution in [3.63, 3.8) is 0 Å². The van der Waals surface area contributed by atoms with Gasteiger partial charge >= 0.3 is 0 Å². The fraction of sp³-hybridized carbons (Fsp3) is 0.917. The Morgan fingerprint density at radius 2 is 1.94 bits per heavy atom. The molecule has 0 spiro atoms. The average Bonchev–Trinajstić information content (AvgIpc) is 2.25. The lowest BCUT2D eigenvalue weighted by Crippen LogP contribution is -2.46. The normalized spacial score (nSPS) is 16.6. The Hall–Kier alpha value is -0.220. The molecule has 96 valence electrons. The van der Waals surface area contributed by atoms with Gasteiger partial charge in [-0.1, -0.05) is 20.3 Å². The maximum Gasteiger partial charge on any atom is 0.237 e. The van der Waals surface area contributed by atoms with E-state index in [0.29, 0.717) is 5.25 Å². The van der Waals surface area contributed by atoms with Gasteiger partial charge in [-0.25, -0.2) is 0 Å². The Balaban J connectivity index is 3.81. The molecule has 0 saturated heterocycles. The highest BCUT2D eigenvalue weighted by atomic mass is 32.2. The van der Waals surface area contributed by atoms with Crippen molar-refractivity contribution in [1.29, 1.82) is 0 Å². The van der Waals surface area contributed by atoms with E-state index < -0.39 is 0 Å². The third-order valence-electron chi connectivity index (χ3n) is 2.62. The third kappa shape index (κ3) is 7.12. The van der Waals surface area contributed by atoms with Crippen LogP contribution in [0.4, 0.5) is 0 Å². The van der Waals surface area contributed by atoms with E-state index in [9.17, 15) is 4.79 Å². The van der Waals surface area contributed by atoms with E-state index in [-0.39, 0.29) is 18.0 Å². The molecule has 0 aliphatic heterocycles. The number of carbonyl (C=O) groups is 1. The van der Waals surface area contributed by atoms with Crippen LogP contribution in [0.2, 0.25) is 0 Å². The second-order valence-corrected chi connectivity index (χ2v) is 5.65. The van der Waals surface area contributed by atoms with Crippen LogP contribution in [0.3, 0.4) is 0 Å². The fourth-order valence-electron chi connectivity index (χ4n) is 1.39. The van der Waals surface area contributed by atoms with E-state index in [2.05, 4.69) is 37.7 Å². The minimum absolute atomic E-state index is 0.103. The highest BCUT2D eigenvalue weighted by Crippen LogP contribution is 2.03. The molecule has 0 aromatic carbocycles. The van der Waals surface area contributed by atoms with Crippen molar-refractivity contribution in [2.45, 2.75) is 57.9 Å². The van der Waals surface area contributed by atoms with Gasteiger partial charge in [0.2, 0.25) is 5.91 Å². The van der Waals surface area contributed by atoms with Crippen molar-refractivity contribution in [2.24, 2.45) is 0 Å². The summed E-state index contributed by atoms with van der Waals surface area (Å²) in [4.78, 5) is 11.7. The summed E-state index contributed by atoms with van der Waals surface area (Å²) in [7, 11) is 0. The molecule has 0 aromatic rings. The van der Waals surface area contributed by atoms with E-state index in [1.165, 1.54) is 0 Å². The molecule has 0 rings (SSSR count). The van der Waals surface area contributed by atoms with Crippen LogP contribution in [-0.2, 0) is 4.79 Å². The average molecular weight is 246 g/mol. The van der Waals surface area contributed by atoms with E-state index in [1.807, 2.05) is 6.92 Å². The monoisotopic (exact) mass is 246 g/mol. The summed E-state index contributed by atoms with van der Waals surface area (Å²) in [6, 6.07) is 0.175. The SMILES string of the molecule is CCCC(C)NC(=O)C(C)NCC(C)SC. The molecule has 0 aliphatic rings. The molecule has 1 amide bonds. The summed E-state index contributed by atoms with van der Waals surface area (Å²) in [5.74, 6) is 0.106. The standard InChI is InChI=1S/C12H26N2OS/c1-6-7-9(2)14-12(15)11(4)13-8-10(3)16-5/h9-11,13H,6-8H2,1-5H3,(H,14,15). The van der Waals surface area contributed by atoms with Gasteiger partial charge in [-0.2, -0.15) is 11.8 Å². The smallest absolute Gasteiger partial charge is 0.237 e. The first-order chi connectivity index (χ1) is 7.51. The van der Waals surface area contributed by atoms with Crippen molar-refractivity contribution in [1.82, 2.24) is 10.6 Å². The van der Waals surface area contributed by atoms with Crippen LogP contribution in [0.5, 0.6) is 0 Å². The number of hydrogen-bond acceptors (Lipinski definition) is 3. The predicted octanol–water partition coefficient (Wildman–Crippen LogP) is 2.02. The van der Waals surface area contributed by atoms with Gasteiger partial charge in [0.05, 0.1) is 6.04 Å². The van der Waals surface area contributed by atoms with Crippen molar-refractivity contribution >= 4 is 17.7 Å². The van der Waals surface area contributed by atoms with Crippen molar-refractivity contribution < 1.29 is 4.79 Å². The highest BCUT2D eigenvalue weighted by molar-refractivity contribution is 7.99. The van der Waals surface area contributed by atoms with E-state index in [1.54, 1.807) is 11.8 Å². The van der Waals surface area contributed by atoms with Gasteiger partial charge in [0.15, 0.2) is 0 Å². The summed E-state index contributed by atoms with van der Waals surface area (Å²) < 4.78 is 0. The summed E-state index contributed by atoms with van der Waals surface area (Å²) >= 11 is 1.81. The summed E-state index contributed by atoms with van der Waals surface area (Å²) in [6.07, 6.45) is 4.23. The molecule has 0 radical (unpaired) electrons. The molecular weight excluding hydrogens is 220 g/mol. The molecule has 0 saturated carbocycles. The summed E-state index contributed by atoms with van der Waals surface area (Å²) in [5, 5.41) is 6.81. The first-order valence-electron chi connectivity index (χ1n) is 6.07. The van der Waals surface area contributed by atoms with Gasteiger partial charge in [0.25, 0.3) is 0 Å². The Bertz CT molecular complexity index is 199. The van der Waals surface area contributed by atoms with E-state index in [4.69, 9.17) is 0 Å². The van der Waals surface area contributed by atoms with E-state index in [0.717, 1.165) is 19.4 Å². The lowest BCUT2D eigenvalue weighted by Gasteiger charge is -2.19. The minimum atomic E-state index is -0.103. The van der Waals surface area contributed by atoms with Crippen LogP contribution in [0.1, 0.15) is 40.5 Å². The molecule has 16 heavy (non-hydrogen) atoms. The number of hydrogen-bond donors (Lipinski definition) is 2. The Morgan fingerprint density at radius 1 is 1.31 bits per heavy atom. The van der Waals surface area contributed by atoms with Gasteiger partial charge in [0, 0.05) is 17.8 Å². The Kier molecular flexibility index (Phi) is 8.76. The molecule has 0 aromatic heterocycles. The Morgan fingerprint density at radius 3 is 2.44 bits per heavy atom. The van der Waals surface area contributed by atoms with Crippen LogP contribution in [-0.4, -0.2) is 36.0 Å². The summed E-state index contributed by atoms with van der Waals surface area (Å²) in [5.41, 5.74) is 0. The molecule has 2 N–H and O–H groups in total. The molecule has 0 fully saturated rings. The first kappa shape index (κ1) is 15.8. The molecule has 3 unspecified atom stereocenters. The minimum Gasteiger partial charge on any atom is -0.352 e. The van der Waals surface area contributed by atoms with E-state index >= 15 is 0 Å². The second kappa shape index (κ2) is 8.88. The summed E-state index contributed by atoms with van der Waals surface area (Å²) in [6.45, 7) is 9.13.